The topological polar surface area (TPSA) is 55.8 Å². The maximum Gasteiger partial charge on any atom is 0.223 e. The largest absolute Gasteiger partial charge is 0.392 e. The molecule has 1 aliphatic heterocycles. The van der Waals surface area contributed by atoms with E-state index in [1.807, 2.05) is 60.6 Å². The maximum atomic E-state index is 12.0. The summed E-state index contributed by atoms with van der Waals surface area (Å²) in [5.74, 6) is 1.85. The number of hydrogen-bond donors (Lipinski definition) is 0. The summed E-state index contributed by atoms with van der Waals surface area (Å²) in [4.78, 5) is 29.6. The molecule has 0 amide bonds. The lowest BCUT2D eigenvalue weighted by atomic mass is 9.76. The molecule has 1 rings (SSSR count). The Balaban J connectivity index is 3.40. The van der Waals surface area contributed by atoms with Gasteiger partial charge in [-0.25, -0.2) is 4.79 Å². The molecule has 2 atom stereocenters. The number of hydroxylamine groups is 2. The molecule has 0 radical (unpaired) electrons. The standard InChI is InChI=1S/C16H29NO4Si/c1-14(2,3)12-9-17(20-15(4,5)6)16(11-19,13(12)10-18)21-22(7)8/h11-12,22H,9H2,1-8H3/t12-,16+/m0/s1. The Morgan fingerprint density at radius 2 is 1.82 bits per heavy atom. The summed E-state index contributed by atoms with van der Waals surface area (Å²) in [7, 11) is -1.60. The van der Waals surface area contributed by atoms with Gasteiger partial charge in [0, 0.05) is 12.5 Å². The van der Waals surface area contributed by atoms with E-state index in [1.54, 1.807) is 5.06 Å². The molecule has 0 aliphatic carbocycles. The molecular weight excluding hydrogens is 298 g/mol. The molecule has 5 nitrogen and oxygen atoms in total. The molecule has 22 heavy (non-hydrogen) atoms. The lowest BCUT2D eigenvalue weighted by molar-refractivity contribution is -0.287. The monoisotopic (exact) mass is 327 g/mol. The molecule has 0 aromatic rings. The van der Waals surface area contributed by atoms with Crippen molar-refractivity contribution in [1.82, 2.24) is 5.06 Å². The minimum Gasteiger partial charge on any atom is -0.392 e. The summed E-state index contributed by atoms with van der Waals surface area (Å²) in [6.45, 7) is 16.2. The highest BCUT2D eigenvalue weighted by Crippen LogP contribution is 2.46. The number of nitrogens with zero attached hydrogens (tertiary/aromatic N) is 1. The van der Waals surface area contributed by atoms with E-state index in [4.69, 9.17) is 9.26 Å². The molecule has 0 spiro atoms. The summed E-state index contributed by atoms with van der Waals surface area (Å²) in [6, 6.07) is 0. The van der Waals surface area contributed by atoms with Crippen LogP contribution in [0, 0.1) is 11.3 Å². The number of aldehydes is 1. The quantitative estimate of drug-likeness (QED) is 0.451. The summed E-state index contributed by atoms with van der Waals surface area (Å²) >= 11 is 0. The van der Waals surface area contributed by atoms with Gasteiger partial charge in [-0.15, -0.1) is 5.06 Å². The SMILES string of the molecule is C[SiH](C)O[C@]1(C=O)C(=C=O)[C@@H](C(C)(C)C)CN1OC(C)(C)C. The van der Waals surface area contributed by atoms with Crippen LogP contribution in [0.3, 0.4) is 0 Å². The van der Waals surface area contributed by atoms with Gasteiger partial charge in [0.05, 0.1) is 11.2 Å². The number of rotatable bonds is 4. The second-order valence-corrected chi connectivity index (χ2v) is 10.5. The Bertz CT molecular complexity index is 472. The fraction of sp³-hybridized carbons (Fsp3) is 0.812. The maximum absolute atomic E-state index is 12.0. The Morgan fingerprint density at radius 3 is 2.14 bits per heavy atom. The van der Waals surface area contributed by atoms with Crippen LogP contribution in [0.5, 0.6) is 0 Å². The third-order valence-electron chi connectivity index (χ3n) is 3.57. The first-order chi connectivity index (χ1) is 9.87. The van der Waals surface area contributed by atoms with E-state index in [2.05, 4.69) is 0 Å². The van der Waals surface area contributed by atoms with Crippen molar-refractivity contribution < 1.29 is 18.9 Å². The van der Waals surface area contributed by atoms with Crippen LogP contribution in [0.1, 0.15) is 41.5 Å². The van der Waals surface area contributed by atoms with Crippen molar-refractivity contribution in [1.29, 1.82) is 0 Å². The second-order valence-electron chi connectivity index (χ2n) is 8.18. The van der Waals surface area contributed by atoms with E-state index < -0.39 is 20.4 Å². The number of carbonyl (C=O) groups is 1. The highest BCUT2D eigenvalue weighted by Gasteiger charge is 2.57. The van der Waals surface area contributed by atoms with Crippen molar-refractivity contribution in [3.05, 3.63) is 5.57 Å². The molecule has 1 aliphatic rings. The number of hydrogen-bond acceptors (Lipinski definition) is 5. The molecule has 1 fully saturated rings. The first-order valence-corrected chi connectivity index (χ1v) is 10.5. The van der Waals surface area contributed by atoms with Crippen LogP contribution in [0.15, 0.2) is 5.57 Å². The Hall–Kier alpha value is -0.783. The molecule has 0 aromatic heterocycles. The summed E-state index contributed by atoms with van der Waals surface area (Å²) in [6.07, 6.45) is 0.692. The Kier molecular flexibility index (Phi) is 5.58. The van der Waals surface area contributed by atoms with Gasteiger partial charge in [0.15, 0.2) is 15.3 Å². The summed E-state index contributed by atoms with van der Waals surface area (Å²) < 4.78 is 6.01. The van der Waals surface area contributed by atoms with Crippen molar-refractivity contribution in [3.63, 3.8) is 0 Å². The summed E-state index contributed by atoms with van der Waals surface area (Å²) in [5.41, 5.74) is -1.77. The van der Waals surface area contributed by atoms with Gasteiger partial charge in [0.25, 0.3) is 0 Å². The van der Waals surface area contributed by atoms with Crippen molar-refractivity contribution in [2.24, 2.45) is 11.3 Å². The van der Waals surface area contributed by atoms with Crippen LogP contribution in [-0.2, 0) is 18.9 Å². The molecular formula is C16H29NO4Si. The van der Waals surface area contributed by atoms with Gasteiger partial charge in [-0.1, -0.05) is 20.8 Å². The molecule has 126 valence electrons. The molecule has 0 saturated carbocycles. The first kappa shape index (κ1) is 19.3. The molecule has 6 heteroatoms. The van der Waals surface area contributed by atoms with Crippen LogP contribution in [0.2, 0.25) is 13.1 Å². The van der Waals surface area contributed by atoms with Crippen LogP contribution < -0.4 is 0 Å². The molecule has 0 unspecified atom stereocenters. The second kappa shape index (κ2) is 6.38. The van der Waals surface area contributed by atoms with Gasteiger partial charge in [-0.05, 0) is 39.3 Å². The van der Waals surface area contributed by atoms with E-state index in [9.17, 15) is 9.59 Å². The van der Waals surface area contributed by atoms with Gasteiger partial charge in [0.1, 0.15) is 5.94 Å². The van der Waals surface area contributed by atoms with Crippen molar-refractivity contribution in [2.75, 3.05) is 6.54 Å². The zero-order valence-corrected chi connectivity index (χ0v) is 16.2. The fourth-order valence-corrected chi connectivity index (χ4v) is 3.71. The van der Waals surface area contributed by atoms with Gasteiger partial charge < -0.3 is 4.43 Å². The normalized spacial score (nSPS) is 27.3. The lowest BCUT2D eigenvalue weighted by Crippen LogP contribution is -2.53. The van der Waals surface area contributed by atoms with Crippen molar-refractivity contribution in [3.8, 4) is 0 Å². The van der Waals surface area contributed by atoms with E-state index >= 15 is 0 Å². The van der Waals surface area contributed by atoms with Gasteiger partial charge in [-0.3, -0.25) is 9.63 Å². The van der Waals surface area contributed by atoms with Crippen molar-refractivity contribution >= 4 is 21.3 Å². The molecule has 0 aromatic carbocycles. The molecule has 1 saturated heterocycles. The lowest BCUT2D eigenvalue weighted by Gasteiger charge is -2.37. The third-order valence-corrected chi connectivity index (χ3v) is 4.40. The van der Waals surface area contributed by atoms with Gasteiger partial charge >= 0.3 is 0 Å². The van der Waals surface area contributed by atoms with Gasteiger partial charge in [0.2, 0.25) is 5.72 Å². The van der Waals surface area contributed by atoms with Crippen LogP contribution in [0.4, 0.5) is 0 Å². The van der Waals surface area contributed by atoms with E-state index in [0.29, 0.717) is 18.4 Å². The van der Waals surface area contributed by atoms with E-state index in [0.717, 1.165) is 0 Å². The van der Waals surface area contributed by atoms with Crippen molar-refractivity contribution in [2.45, 2.75) is 66.0 Å². The zero-order valence-electron chi connectivity index (χ0n) is 15.0. The highest BCUT2D eigenvalue weighted by atomic mass is 28.3. The average Bonchev–Trinajstić information content (AvgIpc) is 2.60. The van der Waals surface area contributed by atoms with Crippen LogP contribution in [-0.4, -0.2) is 44.2 Å². The molecule has 1 heterocycles. The fourth-order valence-electron chi connectivity index (χ4n) is 2.70. The molecule has 0 bridgehead atoms. The van der Waals surface area contributed by atoms with Crippen LogP contribution >= 0.6 is 0 Å². The predicted molar refractivity (Wildman–Crippen MR) is 88.5 cm³/mol. The number of carbonyl (C=O) groups excluding carboxylic acids is 2. The molecule has 0 N–H and O–H groups in total. The van der Waals surface area contributed by atoms with Crippen LogP contribution in [0.25, 0.3) is 0 Å². The highest BCUT2D eigenvalue weighted by molar-refractivity contribution is 6.48. The predicted octanol–water partition coefficient (Wildman–Crippen LogP) is 2.35. The minimum atomic E-state index is -1.60. The first-order valence-electron chi connectivity index (χ1n) is 7.74. The minimum absolute atomic E-state index is 0.148. The average molecular weight is 327 g/mol. The summed E-state index contributed by atoms with van der Waals surface area (Å²) in [5, 5.41) is 1.54. The van der Waals surface area contributed by atoms with E-state index in [1.165, 1.54) is 0 Å². The smallest absolute Gasteiger partial charge is 0.223 e. The zero-order chi connectivity index (χ0) is 17.3. The third kappa shape index (κ3) is 3.94. The Morgan fingerprint density at radius 1 is 1.27 bits per heavy atom. The Labute approximate surface area is 135 Å². The van der Waals surface area contributed by atoms with Gasteiger partial charge in [-0.2, -0.15) is 0 Å². The van der Waals surface area contributed by atoms with E-state index in [-0.39, 0.29) is 11.3 Å².